The van der Waals surface area contributed by atoms with Gasteiger partial charge >= 0.3 is 0 Å². The van der Waals surface area contributed by atoms with Crippen molar-refractivity contribution in [3.63, 3.8) is 0 Å². The molecule has 0 aliphatic carbocycles. The zero-order valence-electron chi connectivity index (χ0n) is 18.9. The molecule has 0 bridgehead atoms. The van der Waals surface area contributed by atoms with Crippen molar-refractivity contribution in [3.05, 3.63) is 89.5 Å². The van der Waals surface area contributed by atoms with Crippen molar-refractivity contribution < 1.29 is 14.0 Å². The van der Waals surface area contributed by atoms with Crippen molar-refractivity contribution in [1.29, 1.82) is 0 Å². The highest BCUT2D eigenvalue weighted by Gasteiger charge is 2.18. The van der Waals surface area contributed by atoms with E-state index in [0.717, 1.165) is 37.4 Å². The van der Waals surface area contributed by atoms with Gasteiger partial charge < -0.3 is 24.9 Å². The van der Waals surface area contributed by atoms with Crippen molar-refractivity contribution in [2.45, 2.75) is 6.92 Å². The predicted molar refractivity (Wildman–Crippen MR) is 130 cm³/mol. The van der Waals surface area contributed by atoms with Gasteiger partial charge in [-0.2, -0.15) is 0 Å². The van der Waals surface area contributed by atoms with Gasteiger partial charge in [-0.3, -0.25) is 9.59 Å². The summed E-state index contributed by atoms with van der Waals surface area (Å²) < 4.78 is 5.35. The second-order valence-corrected chi connectivity index (χ2v) is 8.13. The van der Waals surface area contributed by atoms with Crippen molar-refractivity contribution >= 4 is 29.3 Å². The number of carbonyl (C=O) groups excluding carboxylic acids is 2. The van der Waals surface area contributed by atoms with E-state index in [4.69, 9.17) is 4.42 Å². The summed E-state index contributed by atoms with van der Waals surface area (Å²) >= 11 is 0. The summed E-state index contributed by atoms with van der Waals surface area (Å²) in [6.07, 6.45) is 3.03. The van der Waals surface area contributed by atoms with Gasteiger partial charge in [0.05, 0.1) is 6.26 Å². The summed E-state index contributed by atoms with van der Waals surface area (Å²) in [5.41, 5.74) is 3.20. The van der Waals surface area contributed by atoms with Crippen LogP contribution >= 0.6 is 0 Å². The average molecular weight is 445 g/mol. The molecule has 7 nitrogen and oxygen atoms in total. The molecule has 0 radical (unpaired) electrons. The van der Waals surface area contributed by atoms with Gasteiger partial charge in [-0.15, -0.1) is 0 Å². The van der Waals surface area contributed by atoms with Crippen molar-refractivity contribution in [3.8, 4) is 0 Å². The summed E-state index contributed by atoms with van der Waals surface area (Å²) in [5.74, 6) is -0.317. The minimum atomic E-state index is -0.430. The molecular weight excluding hydrogens is 416 g/mol. The summed E-state index contributed by atoms with van der Waals surface area (Å²) in [6, 6.07) is 18.4. The van der Waals surface area contributed by atoms with Crippen LogP contribution < -0.4 is 15.5 Å². The predicted octanol–water partition coefficient (Wildman–Crippen LogP) is 3.75. The molecule has 1 aromatic heterocycles. The molecule has 0 atom stereocenters. The number of anilines is 2. The van der Waals surface area contributed by atoms with Crippen LogP contribution in [0.3, 0.4) is 0 Å². The number of piperazine rings is 1. The number of nitrogens with one attached hydrogen (secondary N) is 2. The molecule has 3 aromatic rings. The fourth-order valence-electron chi connectivity index (χ4n) is 3.71. The lowest BCUT2D eigenvalue weighted by Gasteiger charge is -2.34. The van der Waals surface area contributed by atoms with Crippen LogP contribution in [0.5, 0.6) is 0 Å². The molecule has 0 spiro atoms. The van der Waals surface area contributed by atoms with E-state index in [1.807, 2.05) is 43.3 Å². The Bertz CT molecular complexity index is 1130. The Labute approximate surface area is 193 Å². The first-order valence-corrected chi connectivity index (χ1v) is 11.0. The number of likely N-dealkylation sites (N-methyl/N-ethyl adjacent to an activating group) is 1. The van der Waals surface area contributed by atoms with Crippen LogP contribution in [0, 0.1) is 6.92 Å². The van der Waals surface area contributed by atoms with Crippen LogP contribution in [0.4, 0.5) is 11.4 Å². The molecule has 2 N–H and O–H groups in total. The highest BCUT2D eigenvalue weighted by atomic mass is 16.3. The molecule has 0 unspecified atom stereocenters. The third kappa shape index (κ3) is 5.70. The SMILES string of the molecule is Cc1ccccc1C(=O)N/C(=C\c1ccco1)C(=O)Nc1ccc(N2CCN(C)CC2)cc1. The second kappa shape index (κ2) is 10.2. The number of amides is 2. The minimum Gasteiger partial charge on any atom is -0.465 e. The van der Waals surface area contributed by atoms with E-state index in [-0.39, 0.29) is 11.6 Å². The van der Waals surface area contributed by atoms with Gasteiger partial charge in [0.2, 0.25) is 0 Å². The fourth-order valence-corrected chi connectivity index (χ4v) is 3.71. The maximum absolute atomic E-state index is 13.1. The normalized spacial score (nSPS) is 14.7. The van der Waals surface area contributed by atoms with Gasteiger partial charge in [0.25, 0.3) is 11.8 Å². The summed E-state index contributed by atoms with van der Waals surface area (Å²) in [6.45, 7) is 5.86. The first-order chi connectivity index (χ1) is 16.0. The zero-order valence-corrected chi connectivity index (χ0v) is 18.9. The van der Waals surface area contributed by atoms with Crippen LogP contribution in [0.1, 0.15) is 21.7 Å². The average Bonchev–Trinajstić information content (AvgIpc) is 3.33. The highest BCUT2D eigenvalue weighted by molar-refractivity contribution is 6.10. The molecule has 2 amide bonds. The number of rotatable bonds is 6. The van der Waals surface area contributed by atoms with Crippen LogP contribution in [0.15, 0.2) is 77.0 Å². The van der Waals surface area contributed by atoms with Crippen LogP contribution in [0.2, 0.25) is 0 Å². The third-order valence-electron chi connectivity index (χ3n) is 5.71. The Morgan fingerprint density at radius 2 is 1.67 bits per heavy atom. The van der Waals surface area contributed by atoms with Crippen LogP contribution in [-0.4, -0.2) is 49.9 Å². The van der Waals surface area contributed by atoms with E-state index in [1.54, 1.807) is 24.3 Å². The highest BCUT2D eigenvalue weighted by Crippen LogP contribution is 2.20. The standard InChI is InChI=1S/C26H28N4O3/c1-19-6-3-4-8-23(19)25(31)28-24(18-22-7-5-17-33-22)26(32)27-20-9-11-21(12-10-20)30-15-13-29(2)14-16-30/h3-12,17-18H,13-16H2,1-2H3,(H,27,32)(H,28,31)/b24-18-. The monoisotopic (exact) mass is 444 g/mol. The molecule has 0 saturated carbocycles. The molecular formula is C26H28N4O3. The smallest absolute Gasteiger partial charge is 0.272 e. The van der Waals surface area contributed by atoms with E-state index >= 15 is 0 Å². The van der Waals surface area contributed by atoms with E-state index in [1.165, 1.54) is 12.3 Å². The lowest BCUT2D eigenvalue weighted by molar-refractivity contribution is -0.113. The molecule has 33 heavy (non-hydrogen) atoms. The third-order valence-corrected chi connectivity index (χ3v) is 5.71. The number of nitrogens with zero attached hydrogens (tertiary/aromatic N) is 2. The van der Waals surface area contributed by atoms with Gasteiger partial charge in [-0.05, 0) is 62.0 Å². The maximum Gasteiger partial charge on any atom is 0.272 e. The van der Waals surface area contributed by atoms with E-state index in [0.29, 0.717) is 17.0 Å². The van der Waals surface area contributed by atoms with Gasteiger partial charge in [0.15, 0.2) is 0 Å². The molecule has 170 valence electrons. The van der Waals surface area contributed by atoms with E-state index < -0.39 is 5.91 Å². The number of carbonyl (C=O) groups is 2. The first kappa shape index (κ1) is 22.4. The number of aryl methyl sites for hydroxylation is 1. The van der Waals surface area contributed by atoms with Gasteiger partial charge in [0, 0.05) is 49.2 Å². The lowest BCUT2D eigenvalue weighted by Crippen LogP contribution is -2.44. The number of hydrogen-bond donors (Lipinski definition) is 2. The summed E-state index contributed by atoms with van der Waals surface area (Å²) in [7, 11) is 2.13. The Balaban J connectivity index is 1.48. The maximum atomic E-state index is 13.1. The van der Waals surface area contributed by atoms with Gasteiger partial charge in [-0.1, -0.05) is 18.2 Å². The Morgan fingerprint density at radius 1 is 0.939 bits per heavy atom. The number of hydrogen-bond acceptors (Lipinski definition) is 5. The van der Waals surface area contributed by atoms with Crippen molar-refractivity contribution in [2.75, 3.05) is 43.4 Å². The minimum absolute atomic E-state index is 0.0985. The quantitative estimate of drug-likeness (QED) is 0.566. The molecule has 1 fully saturated rings. The topological polar surface area (TPSA) is 77.8 Å². The van der Waals surface area contributed by atoms with Crippen LogP contribution in [0.25, 0.3) is 6.08 Å². The molecule has 4 rings (SSSR count). The Morgan fingerprint density at radius 3 is 2.33 bits per heavy atom. The number of furan rings is 1. The van der Waals surface area contributed by atoms with Crippen molar-refractivity contribution in [2.24, 2.45) is 0 Å². The van der Waals surface area contributed by atoms with Gasteiger partial charge in [-0.25, -0.2) is 0 Å². The largest absolute Gasteiger partial charge is 0.465 e. The Hall–Kier alpha value is -3.84. The van der Waals surface area contributed by atoms with E-state index in [2.05, 4.69) is 27.5 Å². The Kier molecular flexibility index (Phi) is 6.90. The molecule has 1 saturated heterocycles. The lowest BCUT2D eigenvalue weighted by atomic mass is 10.1. The van der Waals surface area contributed by atoms with Crippen LogP contribution in [-0.2, 0) is 4.79 Å². The summed E-state index contributed by atoms with van der Waals surface area (Å²) in [5, 5.41) is 5.61. The fraction of sp³-hybridized carbons (Fsp3) is 0.231. The molecule has 2 aromatic carbocycles. The molecule has 1 aliphatic heterocycles. The molecule has 7 heteroatoms. The molecule has 2 heterocycles. The number of benzene rings is 2. The zero-order chi connectivity index (χ0) is 23.2. The summed E-state index contributed by atoms with van der Waals surface area (Å²) in [4.78, 5) is 30.5. The van der Waals surface area contributed by atoms with E-state index in [9.17, 15) is 9.59 Å². The van der Waals surface area contributed by atoms with Gasteiger partial charge in [0.1, 0.15) is 11.5 Å². The molecule has 1 aliphatic rings. The first-order valence-electron chi connectivity index (χ1n) is 11.0. The van der Waals surface area contributed by atoms with Crippen molar-refractivity contribution in [1.82, 2.24) is 10.2 Å². The second-order valence-electron chi connectivity index (χ2n) is 8.13.